The lowest BCUT2D eigenvalue weighted by molar-refractivity contribution is -0.124. The molecule has 0 aromatic heterocycles. The van der Waals surface area contributed by atoms with E-state index in [1.54, 1.807) is 13.0 Å². The first-order chi connectivity index (χ1) is 7.90. The summed E-state index contributed by atoms with van der Waals surface area (Å²) >= 11 is 0. The van der Waals surface area contributed by atoms with Gasteiger partial charge in [0, 0.05) is 6.92 Å². The number of hydrogen-bond acceptors (Lipinski definition) is 2. The molecule has 0 radical (unpaired) electrons. The zero-order chi connectivity index (χ0) is 13.0. The summed E-state index contributed by atoms with van der Waals surface area (Å²) in [4.78, 5) is 22.4. The maximum Gasteiger partial charge on any atom is 0.246 e. The molecule has 0 bridgehead atoms. The molecule has 17 heavy (non-hydrogen) atoms. The van der Waals surface area contributed by atoms with Crippen molar-refractivity contribution in [1.29, 1.82) is 0 Å². The van der Waals surface area contributed by atoms with Crippen molar-refractivity contribution in [3.8, 4) is 0 Å². The number of halogens is 1. The molecule has 0 aliphatic carbocycles. The van der Waals surface area contributed by atoms with E-state index in [0.29, 0.717) is 0 Å². The second-order valence-corrected chi connectivity index (χ2v) is 3.89. The first-order valence-corrected chi connectivity index (χ1v) is 5.24. The molecule has 0 aliphatic heterocycles. The summed E-state index contributed by atoms with van der Waals surface area (Å²) in [5.74, 6) is -1.26. The summed E-state index contributed by atoms with van der Waals surface area (Å²) in [6, 6.07) is 3.82. The summed E-state index contributed by atoms with van der Waals surface area (Å²) in [6.45, 7) is 4.60. The summed E-state index contributed by atoms with van der Waals surface area (Å²) in [7, 11) is 0. The number of carbonyl (C=O) groups is 2. The predicted molar refractivity (Wildman–Crippen MR) is 63.0 cm³/mol. The van der Waals surface area contributed by atoms with Crippen molar-refractivity contribution in [2.45, 2.75) is 26.8 Å². The maximum atomic E-state index is 13.4. The SMILES string of the molecule is CC(=O)NC(C)C(=O)Nc1ccc(C)cc1F. The predicted octanol–water partition coefficient (Wildman–Crippen LogP) is 1.60. The standard InChI is InChI=1S/C12H15FN2O2/c1-7-4-5-11(10(13)6-7)15-12(17)8(2)14-9(3)16/h4-6,8H,1-3H3,(H,14,16)(H,15,17). The molecule has 92 valence electrons. The molecule has 0 heterocycles. The summed E-state index contributed by atoms with van der Waals surface area (Å²) in [5.41, 5.74) is 0.883. The largest absolute Gasteiger partial charge is 0.345 e. The van der Waals surface area contributed by atoms with Crippen LogP contribution >= 0.6 is 0 Å². The number of aryl methyl sites for hydroxylation is 1. The molecule has 2 amide bonds. The Morgan fingerprint density at radius 2 is 2.00 bits per heavy atom. The van der Waals surface area contributed by atoms with Gasteiger partial charge >= 0.3 is 0 Å². The Balaban J connectivity index is 2.71. The zero-order valence-electron chi connectivity index (χ0n) is 10.0. The van der Waals surface area contributed by atoms with E-state index in [1.165, 1.54) is 26.0 Å². The molecule has 0 saturated carbocycles. The Kier molecular flexibility index (Phi) is 4.20. The third kappa shape index (κ3) is 3.86. The Hall–Kier alpha value is -1.91. The van der Waals surface area contributed by atoms with Crippen LogP contribution in [0.4, 0.5) is 10.1 Å². The molecule has 0 saturated heterocycles. The van der Waals surface area contributed by atoms with Crippen LogP contribution in [0.3, 0.4) is 0 Å². The van der Waals surface area contributed by atoms with Gasteiger partial charge in [0.2, 0.25) is 11.8 Å². The van der Waals surface area contributed by atoms with Gasteiger partial charge in [-0.05, 0) is 31.5 Å². The van der Waals surface area contributed by atoms with E-state index in [4.69, 9.17) is 0 Å². The molecule has 1 atom stereocenters. The fourth-order valence-electron chi connectivity index (χ4n) is 1.33. The molecule has 0 aliphatic rings. The van der Waals surface area contributed by atoms with Gasteiger partial charge in [0.1, 0.15) is 11.9 Å². The van der Waals surface area contributed by atoms with Crippen LogP contribution in [0.5, 0.6) is 0 Å². The Morgan fingerprint density at radius 3 is 2.53 bits per heavy atom. The van der Waals surface area contributed by atoms with Gasteiger partial charge < -0.3 is 10.6 Å². The number of carbonyl (C=O) groups excluding carboxylic acids is 2. The van der Waals surface area contributed by atoms with Crippen molar-refractivity contribution in [2.75, 3.05) is 5.32 Å². The highest BCUT2D eigenvalue weighted by molar-refractivity contribution is 5.96. The van der Waals surface area contributed by atoms with Crippen LogP contribution in [0.1, 0.15) is 19.4 Å². The third-order valence-electron chi connectivity index (χ3n) is 2.20. The van der Waals surface area contributed by atoms with Crippen molar-refractivity contribution in [3.05, 3.63) is 29.6 Å². The van der Waals surface area contributed by atoms with E-state index in [9.17, 15) is 14.0 Å². The van der Waals surface area contributed by atoms with Crippen molar-refractivity contribution < 1.29 is 14.0 Å². The van der Waals surface area contributed by atoms with Crippen LogP contribution in [-0.2, 0) is 9.59 Å². The quantitative estimate of drug-likeness (QED) is 0.840. The van der Waals surface area contributed by atoms with Crippen molar-refractivity contribution in [3.63, 3.8) is 0 Å². The first-order valence-electron chi connectivity index (χ1n) is 5.24. The minimum Gasteiger partial charge on any atom is -0.345 e. The number of hydrogen-bond donors (Lipinski definition) is 2. The van der Waals surface area contributed by atoms with E-state index >= 15 is 0 Å². The van der Waals surface area contributed by atoms with E-state index < -0.39 is 17.8 Å². The third-order valence-corrected chi connectivity index (χ3v) is 2.20. The van der Waals surface area contributed by atoms with Crippen LogP contribution in [0.25, 0.3) is 0 Å². The highest BCUT2D eigenvalue weighted by Crippen LogP contribution is 2.15. The van der Waals surface area contributed by atoms with Crippen molar-refractivity contribution in [2.24, 2.45) is 0 Å². The average Bonchev–Trinajstić information content (AvgIpc) is 2.21. The summed E-state index contributed by atoms with van der Waals surface area (Å²) in [6.07, 6.45) is 0. The summed E-state index contributed by atoms with van der Waals surface area (Å²) < 4.78 is 13.4. The van der Waals surface area contributed by atoms with Crippen LogP contribution < -0.4 is 10.6 Å². The summed E-state index contributed by atoms with van der Waals surface area (Å²) in [5, 5.41) is 4.83. The van der Waals surface area contributed by atoms with Crippen LogP contribution in [0.2, 0.25) is 0 Å². The van der Waals surface area contributed by atoms with Gasteiger partial charge in [-0.1, -0.05) is 6.07 Å². The Morgan fingerprint density at radius 1 is 1.35 bits per heavy atom. The minimum absolute atomic E-state index is 0.109. The fourth-order valence-corrected chi connectivity index (χ4v) is 1.33. The smallest absolute Gasteiger partial charge is 0.246 e. The van der Waals surface area contributed by atoms with E-state index in [0.717, 1.165) is 5.56 Å². The number of amides is 2. The molecular weight excluding hydrogens is 223 g/mol. The molecule has 4 nitrogen and oxygen atoms in total. The van der Waals surface area contributed by atoms with Crippen LogP contribution in [0, 0.1) is 12.7 Å². The monoisotopic (exact) mass is 238 g/mol. The number of benzene rings is 1. The second kappa shape index (κ2) is 5.43. The average molecular weight is 238 g/mol. The van der Waals surface area contributed by atoms with Gasteiger partial charge in [-0.3, -0.25) is 9.59 Å². The number of rotatable bonds is 3. The Labute approximate surface area is 99.2 Å². The van der Waals surface area contributed by atoms with Gasteiger partial charge in [-0.25, -0.2) is 4.39 Å². The highest BCUT2D eigenvalue weighted by Gasteiger charge is 2.15. The van der Waals surface area contributed by atoms with Crippen molar-refractivity contribution in [1.82, 2.24) is 5.32 Å². The zero-order valence-corrected chi connectivity index (χ0v) is 10.0. The normalized spacial score (nSPS) is 11.8. The lowest BCUT2D eigenvalue weighted by Crippen LogP contribution is -2.40. The maximum absolute atomic E-state index is 13.4. The van der Waals surface area contributed by atoms with E-state index in [1.807, 2.05) is 0 Å². The first kappa shape index (κ1) is 13.2. The van der Waals surface area contributed by atoms with Crippen molar-refractivity contribution >= 4 is 17.5 Å². The topological polar surface area (TPSA) is 58.2 Å². The lowest BCUT2D eigenvalue weighted by Gasteiger charge is -2.13. The fraction of sp³-hybridized carbons (Fsp3) is 0.333. The molecule has 1 rings (SSSR count). The van der Waals surface area contributed by atoms with Crippen LogP contribution in [0.15, 0.2) is 18.2 Å². The van der Waals surface area contributed by atoms with Gasteiger partial charge in [-0.2, -0.15) is 0 Å². The molecular formula is C12H15FN2O2. The molecule has 1 unspecified atom stereocenters. The van der Waals surface area contributed by atoms with Crippen LogP contribution in [-0.4, -0.2) is 17.9 Å². The molecule has 5 heteroatoms. The minimum atomic E-state index is -0.701. The van der Waals surface area contributed by atoms with E-state index in [-0.39, 0.29) is 11.6 Å². The van der Waals surface area contributed by atoms with Gasteiger partial charge in [-0.15, -0.1) is 0 Å². The Bertz CT molecular complexity index is 446. The molecule has 1 aromatic rings. The molecule has 0 fully saturated rings. The number of anilines is 1. The van der Waals surface area contributed by atoms with Gasteiger partial charge in [0.25, 0.3) is 0 Å². The molecule has 0 spiro atoms. The molecule has 1 aromatic carbocycles. The highest BCUT2D eigenvalue weighted by atomic mass is 19.1. The van der Waals surface area contributed by atoms with E-state index in [2.05, 4.69) is 10.6 Å². The second-order valence-electron chi connectivity index (χ2n) is 3.89. The van der Waals surface area contributed by atoms with Gasteiger partial charge in [0.05, 0.1) is 5.69 Å². The molecule has 2 N–H and O–H groups in total. The number of nitrogens with one attached hydrogen (secondary N) is 2. The lowest BCUT2D eigenvalue weighted by atomic mass is 10.2. The van der Waals surface area contributed by atoms with Gasteiger partial charge in [0.15, 0.2) is 0 Å².